The minimum Gasteiger partial charge on any atom is -0.354 e. The number of rotatable bonds is 8. The second-order valence-corrected chi connectivity index (χ2v) is 8.67. The lowest BCUT2D eigenvalue weighted by Crippen LogP contribution is -2.48. The van der Waals surface area contributed by atoms with E-state index in [-0.39, 0.29) is 41.3 Å². The van der Waals surface area contributed by atoms with Gasteiger partial charge in [-0.05, 0) is 42.7 Å². The van der Waals surface area contributed by atoms with Crippen LogP contribution in [0.4, 0.5) is 4.39 Å². The van der Waals surface area contributed by atoms with Crippen molar-refractivity contribution in [2.75, 3.05) is 6.54 Å². The number of benzene rings is 2. The quantitative estimate of drug-likeness (QED) is 0.576. The molecule has 2 aromatic rings. The van der Waals surface area contributed by atoms with Crippen LogP contribution in [0.25, 0.3) is 0 Å². The minimum absolute atomic E-state index is 0.133. The predicted molar refractivity (Wildman–Crippen MR) is 117 cm³/mol. The molecule has 1 unspecified atom stereocenters. The van der Waals surface area contributed by atoms with Crippen LogP contribution < -0.4 is 5.32 Å². The van der Waals surface area contributed by atoms with Crippen LogP contribution in [-0.2, 0) is 22.6 Å². The molecule has 2 aromatic carbocycles. The average molecular weight is 484 g/mol. The van der Waals surface area contributed by atoms with E-state index in [0.29, 0.717) is 6.54 Å². The number of nitrogens with zero attached hydrogens (tertiary/aromatic N) is 1. The summed E-state index contributed by atoms with van der Waals surface area (Å²) in [5, 5.41) is 3.05. The molecule has 0 fully saturated rings. The van der Waals surface area contributed by atoms with Crippen molar-refractivity contribution in [1.29, 1.82) is 0 Å². The number of nitrogens with one attached hydrogen (secondary N) is 1. The third-order valence-corrected chi connectivity index (χ3v) is 5.33. The molecule has 0 saturated heterocycles. The van der Waals surface area contributed by atoms with Gasteiger partial charge in [-0.15, -0.1) is 0 Å². The van der Waals surface area contributed by atoms with E-state index in [1.54, 1.807) is 13.0 Å². The van der Waals surface area contributed by atoms with Gasteiger partial charge in [0.15, 0.2) is 0 Å². The molecule has 0 radical (unpaired) electrons. The first-order chi connectivity index (χ1) is 13.7. The van der Waals surface area contributed by atoms with Crippen molar-refractivity contribution in [1.82, 2.24) is 10.2 Å². The molecule has 156 valence electrons. The Morgan fingerprint density at radius 1 is 1.17 bits per heavy atom. The molecule has 0 aliphatic rings. The van der Waals surface area contributed by atoms with E-state index in [4.69, 9.17) is 11.6 Å². The van der Waals surface area contributed by atoms with Gasteiger partial charge < -0.3 is 10.2 Å². The standard InChI is InChI=1S/C22H25BrClFN2O2/c1-14(2)12-26-22(29)15(3)27(13-16-6-4-7-17(23)10-16)21(28)11-18-19(24)8-5-9-20(18)25/h4-10,14-15H,11-13H2,1-3H3,(H,26,29). The Morgan fingerprint density at radius 3 is 2.48 bits per heavy atom. The van der Waals surface area contributed by atoms with Gasteiger partial charge in [0, 0.05) is 28.1 Å². The maximum absolute atomic E-state index is 14.2. The summed E-state index contributed by atoms with van der Waals surface area (Å²) in [6, 6.07) is 11.1. The fourth-order valence-corrected chi connectivity index (χ4v) is 3.50. The number of hydrogen-bond donors (Lipinski definition) is 1. The zero-order valence-electron chi connectivity index (χ0n) is 16.7. The van der Waals surface area contributed by atoms with Crippen LogP contribution in [0, 0.1) is 11.7 Å². The highest BCUT2D eigenvalue weighted by atomic mass is 79.9. The summed E-state index contributed by atoms with van der Waals surface area (Å²) in [7, 11) is 0. The van der Waals surface area contributed by atoms with Gasteiger partial charge in [-0.1, -0.05) is 59.6 Å². The SMILES string of the molecule is CC(C)CNC(=O)C(C)N(Cc1cccc(Br)c1)C(=O)Cc1c(F)cccc1Cl. The van der Waals surface area contributed by atoms with Crippen LogP contribution in [0.3, 0.4) is 0 Å². The Bertz CT molecular complexity index is 855. The van der Waals surface area contributed by atoms with E-state index in [2.05, 4.69) is 21.2 Å². The summed E-state index contributed by atoms with van der Waals surface area (Å²) >= 11 is 9.51. The fourth-order valence-electron chi connectivity index (χ4n) is 2.82. The van der Waals surface area contributed by atoms with E-state index in [0.717, 1.165) is 10.0 Å². The summed E-state index contributed by atoms with van der Waals surface area (Å²) in [5.41, 5.74) is 0.990. The van der Waals surface area contributed by atoms with Crippen molar-refractivity contribution in [2.45, 2.75) is 39.8 Å². The van der Waals surface area contributed by atoms with Crippen LogP contribution in [0.5, 0.6) is 0 Å². The van der Waals surface area contributed by atoms with E-state index >= 15 is 0 Å². The van der Waals surface area contributed by atoms with Gasteiger partial charge in [0.25, 0.3) is 0 Å². The van der Waals surface area contributed by atoms with E-state index in [1.807, 2.05) is 38.1 Å². The third kappa shape index (κ3) is 6.82. The Hall–Kier alpha value is -1.92. The molecular weight excluding hydrogens is 459 g/mol. The van der Waals surface area contributed by atoms with Gasteiger partial charge in [-0.3, -0.25) is 9.59 Å². The first-order valence-corrected chi connectivity index (χ1v) is 10.6. The molecule has 0 bridgehead atoms. The van der Waals surface area contributed by atoms with E-state index in [9.17, 15) is 14.0 Å². The van der Waals surface area contributed by atoms with E-state index in [1.165, 1.54) is 17.0 Å². The highest BCUT2D eigenvalue weighted by Crippen LogP contribution is 2.22. The fraction of sp³-hybridized carbons (Fsp3) is 0.364. The summed E-state index contributed by atoms with van der Waals surface area (Å²) in [6.07, 6.45) is -0.221. The van der Waals surface area contributed by atoms with Gasteiger partial charge in [-0.25, -0.2) is 4.39 Å². The highest BCUT2D eigenvalue weighted by Gasteiger charge is 2.27. The lowest BCUT2D eigenvalue weighted by atomic mass is 10.1. The molecule has 0 aliphatic heterocycles. The predicted octanol–water partition coefficient (Wildman–Crippen LogP) is 4.97. The third-order valence-electron chi connectivity index (χ3n) is 4.48. The molecule has 0 heterocycles. The van der Waals surface area contributed by atoms with Crippen LogP contribution >= 0.6 is 27.5 Å². The Kier molecular flexibility index (Phi) is 8.65. The van der Waals surface area contributed by atoms with Gasteiger partial charge in [0.05, 0.1) is 6.42 Å². The van der Waals surface area contributed by atoms with Crippen molar-refractivity contribution in [2.24, 2.45) is 5.92 Å². The minimum atomic E-state index is -0.717. The van der Waals surface area contributed by atoms with Crippen molar-refractivity contribution in [3.8, 4) is 0 Å². The second kappa shape index (κ2) is 10.7. The lowest BCUT2D eigenvalue weighted by Gasteiger charge is -2.29. The van der Waals surface area contributed by atoms with Crippen LogP contribution in [0.15, 0.2) is 46.9 Å². The maximum atomic E-state index is 14.2. The molecule has 29 heavy (non-hydrogen) atoms. The molecule has 0 saturated carbocycles. The number of carbonyl (C=O) groups is 2. The monoisotopic (exact) mass is 482 g/mol. The first kappa shape index (κ1) is 23.4. The van der Waals surface area contributed by atoms with E-state index < -0.39 is 11.9 Å². The summed E-state index contributed by atoms with van der Waals surface area (Å²) in [6.45, 7) is 6.40. The molecule has 0 aliphatic carbocycles. The van der Waals surface area contributed by atoms with Gasteiger partial charge >= 0.3 is 0 Å². The molecule has 0 aromatic heterocycles. The zero-order chi connectivity index (χ0) is 21.6. The number of hydrogen-bond acceptors (Lipinski definition) is 2. The van der Waals surface area contributed by atoms with Gasteiger partial charge in [-0.2, -0.15) is 0 Å². The van der Waals surface area contributed by atoms with Crippen LogP contribution in [-0.4, -0.2) is 29.3 Å². The molecule has 4 nitrogen and oxygen atoms in total. The van der Waals surface area contributed by atoms with Crippen LogP contribution in [0.2, 0.25) is 5.02 Å². The molecule has 2 amide bonds. The second-order valence-electron chi connectivity index (χ2n) is 7.34. The average Bonchev–Trinajstić information content (AvgIpc) is 2.66. The Labute approximate surface area is 184 Å². The van der Waals surface area contributed by atoms with Crippen LogP contribution in [0.1, 0.15) is 31.9 Å². The van der Waals surface area contributed by atoms with Crippen molar-refractivity contribution in [3.63, 3.8) is 0 Å². The molecular formula is C22H25BrClFN2O2. The highest BCUT2D eigenvalue weighted by molar-refractivity contribution is 9.10. The molecule has 7 heteroatoms. The molecule has 2 rings (SSSR count). The topological polar surface area (TPSA) is 49.4 Å². The van der Waals surface area contributed by atoms with Gasteiger partial charge in [0.1, 0.15) is 11.9 Å². The van der Waals surface area contributed by atoms with Crippen molar-refractivity contribution < 1.29 is 14.0 Å². The largest absolute Gasteiger partial charge is 0.354 e. The maximum Gasteiger partial charge on any atom is 0.242 e. The summed E-state index contributed by atoms with van der Waals surface area (Å²) in [5.74, 6) is -0.867. The number of carbonyl (C=O) groups excluding carboxylic acids is 2. The smallest absolute Gasteiger partial charge is 0.242 e. The Morgan fingerprint density at radius 2 is 1.86 bits per heavy atom. The van der Waals surface area contributed by atoms with Gasteiger partial charge in [0.2, 0.25) is 11.8 Å². The molecule has 1 atom stereocenters. The number of amides is 2. The lowest BCUT2D eigenvalue weighted by molar-refractivity contribution is -0.140. The normalized spacial score (nSPS) is 12.0. The van der Waals surface area contributed by atoms with Crippen molar-refractivity contribution in [3.05, 3.63) is 68.9 Å². The first-order valence-electron chi connectivity index (χ1n) is 9.43. The molecule has 1 N–H and O–H groups in total. The molecule has 0 spiro atoms. The van der Waals surface area contributed by atoms with Crippen molar-refractivity contribution >= 4 is 39.3 Å². The zero-order valence-corrected chi connectivity index (χ0v) is 19.1. The summed E-state index contributed by atoms with van der Waals surface area (Å²) < 4.78 is 15.1. The Balaban J connectivity index is 2.27. The number of halogens is 3. The summed E-state index contributed by atoms with van der Waals surface area (Å²) in [4.78, 5) is 27.2.